The van der Waals surface area contributed by atoms with Gasteiger partial charge in [0, 0.05) is 38.4 Å². The average Bonchev–Trinajstić information content (AvgIpc) is 3.72. The predicted molar refractivity (Wildman–Crippen MR) is 205 cm³/mol. The Labute approximate surface area is 288 Å². The van der Waals surface area contributed by atoms with Crippen LogP contribution in [0.25, 0.3) is 89.2 Å². The zero-order valence-electron chi connectivity index (χ0n) is 27.0. The molecule has 10 aromatic rings. The van der Waals surface area contributed by atoms with Gasteiger partial charge in [-0.15, -0.1) is 0 Å². The number of hydrogen-bond donors (Lipinski definition) is 0. The van der Waals surface area contributed by atoms with Gasteiger partial charge in [0.1, 0.15) is 0 Å². The van der Waals surface area contributed by atoms with Crippen molar-refractivity contribution in [2.75, 3.05) is 0 Å². The summed E-state index contributed by atoms with van der Waals surface area (Å²) in [5, 5.41) is 4.71. The fourth-order valence-electron chi connectivity index (χ4n) is 7.41. The van der Waals surface area contributed by atoms with Crippen molar-refractivity contribution in [3.63, 3.8) is 0 Å². The van der Waals surface area contributed by atoms with E-state index >= 15 is 0 Å². The van der Waals surface area contributed by atoms with E-state index in [4.69, 9.17) is 15.0 Å². The van der Waals surface area contributed by atoms with Gasteiger partial charge in [0.15, 0.2) is 11.6 Å². The summed E-state index contributed by atoms with van der Waals surface area (Å²) in [6, 6.07) is 61.4. The van der Waals surface area contributed by atoms with E-state index in [0.717, 1.165) is 60.8 Å². The highest BCUT2D eigenvalue weighted by molar-refractivity contribution is 6.29. The molecule has 0 aliphatic rings. The molecule has 5 nitrogen and oxygen atoms in total. The average molecular weight is 640 g/mol. The number of hydrogen-bond acceptors (Lipinski definition) is 3. The van der Waals surface area contributed by atoms with Gasteiger partial charge >= 0.3 is 0 Å². The smallest absolute Gasteiger partial charge is 0.238 e. The molecule has 0 radical (unpaired) electrons. The van der Waals surface area contributed by atoms with Gasteiger partial charge in [0.2, 0.25) is 5.95 Å². The standard InChI is InChI=1S/C45H29N5/c1-5-17-30(18-6-1)36-29-39-41(42-40(36)34-25-13-15-27-37(34)49(42)33-23-11-4-12-24-33)35-26-14-16-28-38(35)50(39)45-47-43(31-19-7-2-8-20-31)46-44(48-45)32-21-9-3-10-22-32/h1-29H. The summed E-state index contributed by atoms with van der Waals surface area (Å²) in [6.07, 6.45) is 0. The number of rotatable bonds is 5. The Balaban J connectivity index is 1.42. The predicted octanol–water partition coefficient (Wildman–Crippen LogP) is 11.1. The van der Waals surface area contributed by atoms with Crippen LogP contribution in [0, 0.1) is 0 Å². The van der Waals surface area contributed by atoms with E-state index in [1.165, 1.54) is 10.8 Å². The van der Waals surface area contributed by atoms with Crippen LogP contribution in [0.4, 0.5) is 0 Å². The first-order chi connectivity index (χ1) is 24.8. The van der Waals surface area contributed by atoms with Gasteiger partial charge in [0.25, 0.3) is 0 Å². The molecule has 0 bridgehead atoms. The van der Waals surface area contributed by atoms with Gasteiger partial charge in [-0.05, 0) is 41.5 Å². The molecule has 0 spiro atoms. The quantitative estimate of drug-likeness (QED) is 0.188. The van der Waals surface area contributed by atoms with Crippen molar-refractivity contribution >= 4 is 43.6 Å². The minimum absolute atomic E-state index is 0.574. The molecule has 7 aromatic carbocycles. The van der Waals surface area contributed by atoms with Crippen molar-refractivity contribution in [1.29, 1.82) is 0 Å². The molecule has 3 heterocycles. The first-order valence-electron chi connectivity index (χ1n) is 16.8. The van der Waals surface area contributed by atoms with Crippen LogP contribution in [0.3, 0.4) is 0 Å². The van der Waals surface area contributed by atoms with Gasteiger partial charge in [0.05, 0.1) is 22.1 Å². The SMILES string of the molecule is c1ccc(-c2nc(-c3ccccc3)nc(-n3c4ccccc4c4c3cc(-c3ccccc3)c3c5ccccc5n(-c5ccccc5)c34)n2)cc1. The zero-order valence-corrected chi connectivity index (χ0v) is 27.0. The van der Waals surface area contributed by atoms with Crippen LogP contribution in [0.15, 0.2) is 176 Å². The second-order valence-electron chi connectivity index (χ2n) is 12.5. The Morgan fingerprint density at radius 3 is 1.40 bits per heavy atom. The summed E-state index contributed by atoms with van der Waals surface area (Å²) < 4.78 is 4.65. The monoisotopic (exact) mass is 639 g/mol. The Kier molecular flexibility index (Phi) is 6.42. The van der Waals surface area contributed by atoms with E-state index in [1.54, 1.807) is 0 Å². The fourth-order valence-corrected chi connectivity index (χ4v) is 7.41. The summed E-state index contributed by atoms with van der Waals surface area (Å²) in [4.78, 5) is 15.4. The molecule has 0 N–H and O–H groups in total. The topological polar surface area (TPSA) is 48.5 Å². The molecular weight excluding hydrogens is 611 g/mol. The first kappa shape index (κ1) is 28.2. The van der Waals surface area contributed by atoms with Crippen molar-refractivity contribution in [1.82, 2.24) is 24.1 Å². The third kappa shape index (κ3) is 4.37. The first-order valence-corrected chi connectivity index (χ1v) is 16.8. The summed E-state index contributed by atoms with van der Waals surface area (Å²) >= 11 is 0. The summed E-state index contributed by atoms with van der Waals surface area (Å²) in [6.45, 7) is 0. The summed E-state index contributed by atoms with van der Waals surface area (Å²) in [7, 11) is 0. The van der Waals surface area contributed by atoms with E-state index in [9.17, 15) is 0 Å². The van der Waals surface area contributed by atoms with Gasteiger partial charge in [-0.3, -0.25) is 4.57 Å². The highest BCUT2D eigenvalue weighted by Crippen LogP contribution is 2.46. The van der Waals surface area contributed by atoms with Crippen molar-refractivity contribution in [2.45, 2.75) is 0 Å². The number of fused-ring (bicyclic) bond motifs is 7. The maximum absolute atomic E-state index is 5.21. The molecule has 50 heavy (non-hydrogen) atoms. The molecule has 0 saturated carbocycles. The molecule has 3 aromatic heterocycles. The van der Waals surface area contributed by atoms with E-state index in [0.29, 0.717) is 17.6 Å². The van der Waals surface area contributed by atoms with Crippen LogP contribution in [0.2, 0.25) is 0 Å². The van der Waals surface area contributed by atoms with E-state index < -0.39 is 0 Å². The van der Waals surface area contributed by atoms with Gasteiger partial charge in [-0.25, -0.2) is 4.98 Å². The second-order valence-corrected chi connectivity index (χ2v) is 12.5. The van der Waals surface area contributed by atoms with Crippen molar-refractivity contribution in [3.05, 3.63) is 176 Å². The van der Waals surface area contributed by atoms with Crippen molar-refractivity contribution in [2.24, 2.45) is 0 Å². The van der Waals surface area contributed by atoms with Crippen LogP contribution in [-0.4, -0.2) is 24.1 Å². The molecule has 0 amide bonds. The van der Waals surface area contributed by atoms with Crippen molar-refractivity contribution < 1.29 is 0 Å². The van der Waals surface area contributed by atoms with E-state index in [2.05, 4.69) is 149 Å². The van der Waals surface area contributed by atoms with Gasteiger partial charge in [-0.2, -0.15) is 9.97 Å². The van der Waals surface area contributed by atoms with Crippen LogP contribution in [0.1, 0.15) is 0 Å². The minimum Gasteiger partial charge on any atom is -0.309 e. The lowest BCUT2D eigenvalue weighted by molar-refractivity contribution is 0.953. The maximum Gasteiger partial charge on any atom is 0.238 e. The second kappa shape index (κ2) is 11.4. The van der Waals surface area contributed by atoms with Crippen LogP contribution in [-0.2, 0) is 0 Å². The number of benzene rings is 7. The Bertz CT molecular complexity index is 2780. The Morgan fingerprint density at radius 1 is 0.360 bits per heavy atom. The highest BCUT2D eigenvalue weighted by atomic mass is 15.2. The minimum atomic E-state index is 0.574. The number of para-hydroxylation sites is 3. The van der Waals surface area contributed by atoms with Gasteiger partial charge in [-0.1, -0.05) is 146 Å². The Hall–Kier alpha value is -6.85. The third-order valence-electron chi connectivity index (χ3n) is 9.56. The number of nitrogens with zero attached hydrogens (tertiary/aromatic N) is 5. The van der Waals surface area contributed by atoms with Crippen LogP contribution < -0.4 is 0 Å². The molecular formula is C45H29N5. The molecule has 0 atom stereocenters. The largest absolute Gasteiger partial charge is 0.309 e. The molecule has 0 aliphatic carbocycles. The van der Waals surface area contributed by atoms with Crippen molar-refractivity contribution in [3.8, 4) is 45.5 Å². The molecule has 0 aliphatic heterocycles. The van der Waals surface area contributed by atoms with E-state index in [-0.39, 0.29) is 0 Å². The summed E-state index contributed by atoms with van der Waals surface area (Å²) in [5.74, 6) is 1.83. The zero-order chi connectivity index (χ0) is 33.0. The number of aromatic nitrogens is 5. The normalized spacial score (nSPS) is 11.6. The lowest BCUT2D eigenvalue weighted by Crippen LogP contribution is -2.06. The van der Waals surface area contributed by atoms with E-state index in [1.807, 2.05) is 36.4 Å². The molecule has 234 valence electrons. The molecule has 0 fully saturated rings. The Morgan fingerprint density at radius 2 is 0.820 bits per heavy atom. The van der Waals surface area contributed by atoms with Crippen LogP contribution >= 0.6 is 0 Å². The lowest BCUT2D eigenvalue weighted by Gasteiger charge is -2.13. The third-order valence-corrected chi connectivity index (χ3v) is 9.56. The fraction of sp³-hybridized carbons (Fsp3) is 0. The molecule has 10 rings (SSSR count). The summed E-state index contributed by atoms with van der Waals surface area (Å²) in [5.41, 5.74) is 9.67. The molecule has 0 unspecified atom stereocenters. The molecule has 0 saturated heterocycles. The molecule has 5 heteroatoms. The van der Waals surface area contributed by atoms with Gasteiger partial charge < -0.3 is 4.57 Å². The van der Waals surface area contributed by atoms with Crippen LogP contribution in [0.5, 0.6) is 0 Å². The lowest BCUT2D eigenvalue weighted by atomic mass is 9.97. The maximum atomic E-state index is 5.21. The highest BCUT2D eigenvalue weighted by Gasteiger charge is 2.25.